The van der Waals surface area contributed by atoms with Gasteiger partial charge in [-0.05, 0) is 39.0 Å². The normalized spacial score (nSPS) is 11.8. The van der Waals surface area contributed by atoms with Gasteiger partial charge in [0.25, 0.3) is 0 Å². The molecule has 168 valence electrons. The van der Waals surface area contributed by atoms with E-state index < -0.39 is 9.84 Å². The van der Waals surface area contributed by atoms with Crippen molar-refractivity contribution in [2.45, 2.75) is 30.7 Å². The minimum Gasteiger partial charge on any atom is -0.493 e. The van der Waals surface area contributed by atoms with E-state index >= 15 is 0 Å². The Morgan fingerprint density at radius 3 is 2.22 bits per heavy atom. The number of hydrogen-bond acceptors (Lipinski definition) is 8. The topological polar surface area (TPSA) is 98.9 Å². The van der Waals surface area contributed by atoms with Crippen LogP contribution in [0.25, 0.3) is 16.6 Å². The molecular formula is C22H25N5O4S. The minimum atomic E-state index is -3.92. The second-order valence-corrected chi connectivity index (χ2v) is 9.14. The Bertz CT molecular complexity index is 1390. The average Bonchev–Trinajstić information content (AvgIpc) is 3.24. The number of methoxy groups -OCH3 is 2. The van der Waals surface area contributed by atoms with Gasteiger partial charge < -0.3 is 14.4 Å². The summed E-state index contributed by atoms with van der Waals surface area (Å²) < 4.78 is 39.1. The Morgan fingerprint density at radius 1 is 1.00 bits per heavy atom. The molecule has 0 N–H and O–H groups in total. The van der Waals surface area contributed by atoms with Crippen LogP contribution in [-0.2, 0) is 9.84 Å². The molecule has 2 aromatic carbocycles. The standard InChI is InChI=1S/C22H25N5O4S/c1-6-26(7-2)20-16-12-18(30-4)19(31-5)13-17(16)27-21(23-20)22(24-25-27)32(28,29)15-10-8-14(3)9-11-15/h8-13H,6-7H2,1-5H3. The SMILES string of the molecule is CCN(CC)c1nc2c(S(=O)(=O)c3ccc(C)cc3)nnn2c2cc(OC)c(OC)cc12. The van der Waals surface area contributed by atoms with E-state index in [2.05, 4.69) is 10.3 Å². The molecule has 0 fully saturated rings. The van der Waals surface area contributed by atoms with Crippen LogP contribution in [0.3, 0.4) is 0 Å². The van der Waals surface area contributed by atoms with Crippen molar-refractivity contribution in [3.63, 3.8) is 0 Å². The number of benzene rings is 2. The van der Waals surface area contributed by atoms with Crippen LogP contribution >= 0.6 is 0 Å². The van der Waals surface area contributed by atoms with Crippen molar-refractivity contribution >= 4 is 32.2 Å². The molecular weight excluding hydrogens is 430 g/mol. The van der Waals surface area contributed by atoms with Crippen molar-refractivity contribution in [1.29, 1.82) is 0 Å². The number of fused-ring (bicyclic) bond motifs is 3. The van der Waals surface area contributed by atoms with Gasteiger partial charge in [0.15, 0.2) is 17.1 Å². The highest BCUT2D eigenvalue weighted by Gasteiger charge is 2.28. The Morgan fingerprint density at radius 2 is 1.62 bits per heavy atom. The molecule has 2 aromatic heterocycles. The lowest BCUT2D eigenvalue weighted by Crippen LogP contribution is -2.24. The molecule has 32 heavy (non-hydrogen) atoms. The molecule has 0 aliphatic heterocycles. The van der Waals surface area contributed by atoms with E-state index in [1.807, 2.05) is 31.7 Å². The van der Waals surface area contributed by atoms with E-state index in [1.165, 1.54) is 4.52 Å². The summed E-state index contributed by atoms with van der Waals surface area (Å²) in [5.41, 5.74) is 1.74. The fraction of sp³-hybridized carbons (Fsp3) is 0.318. The average molecular weight is 456 g/mol. The van der Waals surface area contributed by atoms with Gasteiger partial charge in [0.2, 0.25) is 14.9 Å². The Labute approximate surface area is 186 Å². The number of aromatic nitrogens is 4. The number of rotatable bonds is 7. The van der Waals surface area contributed by atoms with Crippen molar-refractivity contribution in [2.75, 3.05) is 32.2 Å². The molecule has 2 heterocycles. The Hall–Kier alpha value is -3.40. The maximum Gasteiger partial charge on any atom is 0.229 e. The number of anilines is 1. The van der Waals surface area contributed by atoms with Crippen LogP contribution < -0.4 is 14.4 Å². The van der Waals surface area contributed by atoms with E-state index in [0.29, 0.717) is 35.9 Å². The number of hydrogen-bond donors (Lipinski definition) is 0. The summed E-state index contributed by atoms with van der Waals surface area (Å²) in [6.45, 7) is 7.30. The highest BCUT2D eigenvalue weighted by atomic mass is 32.2. The predicted molar refractivity (Wildman–Crippen MR) is 122 cm³/mol. The summed E-state index contributed by atoms with van der Waals surface area (Å²) in [6.07, 6.45) is 0. The quantitative estimate of drug-likeness (QED) is 0.419. The van der Waals surface area contributed by atoms with Crippen LogP contribution in [0.1, 0.15) is 19.4 Å². The van der Waals surface area contributed by atoms with Gasteiger partial charge in [-0.15, -0.1) is 5.10 Å². The van der Waals surface area contributed by atoms with Gasteiger partial charge in [-0.1, -0.05) is 22.9 Å². The van der Waals surface area contributed by atoms with Gasteiger partial charge in [-0.2, -0.15) is 4.52 Å². The third-order valence-electron chi connectivity index (χ3n) is 5.45. The summed E-state index contributed by atoms with van der Waals surface area (Å²) in [5, 5.41) is 8.75. The summed E-state index contributed by atoms with van der Waals surface area (Å²) in [4.78, 5) is 6.92. The van der Waals surface area contributed by atoms with Crippen LogP contribution in [0, 0.1) is 6.92 Å². The molecule has 4 rings (SSSR count). The first kappa shape index (κ1) is 21.8. The van der Waals surface area contributed by atoms with E-state index in [0.717, 1.165) is 10.9 Å². The number of ether oxygens (including phenoxy) is 2. The van der Waals surface area contributed by atoms with Crippen molar-refractivity contribution in [3.05, 3.63) is 42.0 Å². The van der Waals surface area contributed by atoms with E-state index in [-0.39, 0.29) is 15.6 Å². The molecule has 0 spiro atoms. The highest BCUT2D eigenvalue weighted by molar-refractivity contribution is 7.91. The van der Waals surface area contributed by atoms with Gasteiger partial charge in [-0.25, -0.2) is 13.4 Å². The van der Waals surface area contributed by atoms with Gasteiger partial charge >= 0.3 is 0 Å². The highest BCUT2D eigenvalue weighted by Crippen LogP contribution is 2.37. The monoisotopic (exact) mass is 455 g/mol. The number of aryl methyl sites for hydroxylation is 1. The van der Waals surface area contributed by atoms with Gasteiger partial charge in [-0.3, -0.25) is 0 Å². The summed E-state index contributed by atoms with van der Waals surface area (Å²) in [7, 11) is -0.816. The molecule has 4 aromatic rings. The van der Waals surface area contributed by atoms with Crippen LogP contribution in [0.5, 0.6) is 11.5 Å². The van der Waals surface area contributed by atoms with Gasteiger partial charge in [0.1, 0.15) is 5.82 Å². The molecule has 0 amide bonds. The minimum absolute atomic E-state index is 0.143. The van der Waals surface area contributed by atoms with E-state index in [9.17, 15) is 8.42 Å². The zero-order chi connectivity index (χ0) is 23.0. The first-order chi connectivity index (χ1) is 15.3. The van der Waals surface area contributed by atoms with Crippen LogP contribution in [0.15, 0.2) is 46.3 Å². The molecule has 10 heteroatoms. The molecule has 0 unspecified atom stereocenters. The van der Waals surface area contributed by atoms with E-state index in [1.54, 1.807) is 44.6 Å². The summed E-state index contributed by atoms with van der Waals surface area (Å²) in [5.74, 6) is 1.67. The zero-order valence-corrected chi connectivity index (χ0v) is 19.5. The first-order valence-corrected chi connectivity index (χ1v) is 11.7. The molecule has 0 bridgehead atoms. The molecule has 0 saturated carbocycles. The van der Waals surface area contributed by atoms with Crippen LogP contribution in [0.2, 0.25) is 0 Å². The number of nitrogens with zero attached hydrogens (tertiary/aromatic N) is 5. The molecule has 0 aliphatic carbocycles. The van der Waals surface area contributed by atoms with Crippen molar-refractivity contribution in [2.24, 2.45) is 0 Å². The largest absolute Gasteiger partial charge is 0.493 e. The summed E-state index contributed by atoms with van der Waals surface area (Å²) >= 11 is 0. The van der Waals surface area contributed by atoms with Gasteiger partial charge in [0.05, 0.1) is 24.6 Å². The van der Waals surface area contributed by atoms with Gasteiger partial charge in [0, 0.05) is 24.5 Å². The maximum absolute atomic E-state index is 13.4. The number of sulfone groups is 1. The molecule has 0 aliphatic rings. The van der Waals surface area contributed by atoms with Crippen LogP contribution in [0.4, 0.5) is 5.82 Å². The lowest BCUT2D eigenvalue weighted by molar-refractivity contribution is 0.355. The fourth-order valence-corrected chi connectivity index (χ4v) is 4.90. The Kier molecular flexibility index (Phi) is 5.64. The molecule has 0 atom stereocenters. The molecule has 0 saturated heterocycles. The van der Waals surface area contributed by atoms with E-state index in [4.69, 9.17) is 14.5 Å². The zero-order valence-electron chi connectivity index (χ0n) is 18.7. The van der Waals surface area contributed by atoms with Crippen molar-refractivity contribution < 1.29 is 17.9 Å². The lowest BCUT2D eigenvalue weighted by atomic mass is 10.2. The van der Waals surface area contributed by atoms with Crippen LogP contribution in [-0.4, -0.2) is 55.5 Å². The smallest absolute Gasteiger partial charge is 0.229 e. The summed E-state index contributed by atoms with van der Waals surface area (Å²) in [6, 6.07) is 10.2. The molecule has 9 nitrogen and oxygen atoms in total. The fourth-order valence-electron chi connectivity index (χ4n) is 3.67. The Balaban J connectivity index is 2.08. The third kappa shape index (κ3) is 3.40. The second kappa shape index (κ2) is 8.27. The van der Waals surface area contributed by atoms with Crippen molar-refractivity contribution in [3.8, 4) is 11.5 Å². The maximum atomic E-state index is 13.4. The third-order valence-corrected chi connectivity index (χ3v) is 7.11. The lowest BCUT2D eigenvalue weighted by Gasteiger charge is -2.22. The second-order valence-electron chi connectivity index (χ2n) is 7.28. The predicted octanol–water partition coefficient (Wildman–Crippen LogP) is 3.28. The first-order valence-electron chi connectivity index (χ1n) is 10.2. The molecule has 0 radical (unpaired) electrons. The van der Waals surface area contributed by atoms with Crippen molar-refractivity contribution in [1.82, 2.24) is 19.8 Å².